The highest BCUT2D eigenvalue weighted by atomic mass is 32.2. The van der Waals surface area contributed by atoms with Crippen LogP contribution in [0.1, 0.15) is 101 Å². The van der Waals surface area contributed by atoms with E-state index in [0.717, 1.165) is 55.2 Å². The van der Waals surface area contributed by atoms with Gasteiger partial charge < -0.3 is 25.0 Å². The predicted octanol–water partition coefficient (Wildman–Crippen LogP) is 3.82. The Labute approximate surface area is 317 Å². The van der Waals surface area contributed by atoms with Gasteiger partial charge in [-0.2, -0.15) is 0 Å². The van der Waals surface area contributed by atoms with Crippen molar-refractivity contribution in [2.24, 2.45) is 17.3 Å². The first-order valence-corrected chi connectivity index (χ1v) is 21.0. The van der Waals surface area contributed by atoms with Crippen molar-refractivity contribution in [1.29, 1.82) is 0 Å². The predicted molar refractivity (Wildman–Crippen MR) is 197 cm³/mol. The molecule has 3 aliphatic heterocycles. The number of cyclic esters (lactones) is 1. The maximum absolute atomic E-state index is 14.7. The Morgan fingerprint density at radius 2 is 1.76 bits per heavy atom. The number of carbonyl (C=O) groups excluding carboxylic acids is 5. The van der Waals surface area contributed by atoms with Crippen molar-refractivity contribution in [3.63, 3.8) is 0 Å². The molecule has 5 amide bonds. The Morgan fingerprint density at radius 1 is 1.02 bits per heavy atom. The van der Waals surface area contributed by atoms with E-state index in [2.05, 4.69) is 28.0 Å². The van der Waals surface area contributed by atoms with E-state index in [9.17, 15) is 32.4 Å². The lowest BCUT2D eigenvalue weighted by molar-refractivity contribution is -0.142. The molecular formula is C39H53N5O9S. The largest absolute Gasteiger partial charge is 0.449 e. The highest BCUT2D eigenvalue weighted by Gasteiger charge is 2.62. The monoisotopic (exact) mass is 767 g/mol. The molecule has 3 N–H and O–H groups in total. The van der Waals surface area contributed by atoms with Crippen molar-refractivity contribution in [2.75, 3.05) is 13.2 Å². The molecule has 3 heterocycles. The van der Waals surface area contributed by atoms with Gasteiger partial charge in [-0.15, -0.1) is 6.58 Å². The van der Waals surface area contributed by atoms with Crippen LogP contribution in [0.3, 0.4) is 0 Å². The minimum Gasteiger partial charge on any atom is -0.449 e. The molecule has 14 nitrogen and oxygen atoms in total. The van der Waals surface area contributed by atoms with Crippen molar-refractivity contribution < 1.29 is 41.9 Å². The molecule has 4 bridgehead atoms. The third kappa shape index (κ3) is 7.97. The van der Waals surface area contributed by atoms with E-state index in [0.29, 0.717) is 38.8 Å². The van der Waals surface area contributed by atoms with E-state index in [4.69, 9.17) is 9.47 Å². The number of nitrogens with one attached hydrogen (secondary N) is 3. The summed E-state index contributed by atoms with van der Waals surface area (Å²) in [6, 6.07) is 3.90. The zero-order valence-corrected chi connectivity index (χ0v) is 32.1. The van der Waals surface area contributed by atoms with Gasteiger partial charge in [0, 0.05) is 25.4 Å². The molecule has 294 valence electrons. The third-order valence-electron chi connectivity index (χ3n) is 12.3. The fourth-order valence-electron chi connectivity index (χ4n) is 8.75. The molecule has 15 heteroatoms. The average molecular weight is 768 g/mol. The fourth-order valence-corrected chi connectivity index (χ4v) is 10.1. The second-order valence-corrected chi connectivity index (χ2v) is 18.9. The number of ether oxygens (including phenoxy) is 2. The summed E-state index contributed by atoms with van der Waals surface area (Å²) in [6.07, 6.45) is 6.96. The summed E-state index contributed by atoms with van der Waals surface area (Å²) < 4.78 is 39.4. The van der Waals surface area contributed by atoms with Crippen molar-refractivity contribution in [3.05, 3.63) is 47.5 Å². The van der Waals surface area contributed by atoms with Gasteiger partial charge in [0.2, 0.25) is 21.8 Å². The Bertz CT molecular complexity index is 1810. The van der Waals surface area contributed by atoms with E-state index < -0.39 is 74.8 Å². The van der Waals surface area contributed by atoms with E-state index >= 15 is 0 Å². The van der Waals surface area contributed by atoms with E-state index in [1.165, 1.54) is 11.0 Å². The molecule has 0 unspecified atom stereocenters. The minimum absolute atomic E-state index is 0.0534. The lowest BCUT2D eigenvalue weighted by atomic mass is 9.83. The van der Waals surface area contributed by atoms with Crippen LogP contribution in [0, 0.1) is 17.3 Å². The van der Waals surface area contributed by atoms with Crippen molar-refractivity contribution in [2.45, 2.75) is 133 Å². The standard InChI is InChI=1S/C39H53N5O9S/c1-4-27-19-39(27,35(47)42-54(50,51)29-15-16-29)41-33(45)31-18-28-21-44(31)34(46)32(25-10-6-5-7-11-25)40-36(48)52-23-38(2,3)17-9-14-24-12-8-13-26-20-43(22-30(24)26)37(49)53-28/h4,8,12-13,25,27-29,31-32H,1,5-7,9-11,14-23H2,2-3H3,(H,40,48)(H,41,45)(H,42,47)/t27-,28-,31+,32+,39-/m1/s1. The number of fused-ring (bicyclic) bond motifs is 3. The van der Waals surface area contributed by atoms with Crippen molar-refractivity contribution in [1.82, 2.24) is 25.2 Å². The molecule has 1 saturated heterocycles. The second-order valence-electron chi connectivity index (χ2n) is 17.0. The van der Waals surface area contributed by atoms with Gasteiger partial charge in [-0.3, -0.25) is 24.0 Å². The lowest BCUT2D eigenvalue weighted by Crippen LogP contribution is -2.59. The fraction of sp³-hybridized carbons (Fsp3) is 0.667. The van der Waals surface area contributed by atoms with Crippen LogP contribution in [0.25, 0.3) is 0 Å². The molecule has 4 fully saturated rings. The van der Waals surface area contributed by atoms with Crippen LogP contribution in [-0.2, 0) is 53.4 Å². The zero-order chi connectivity index (χ0) is 38.4. The topological polar surface area (TPSA) is 181 Å². The Morgan fingerprint density at radius 3 is 2.46 bits per heavy atom. The first-order valence-electron chi connectivity index (χ1n) is 19.5. The summed E-state index contributed by atoms with van der Waals surface area (Å²) in [5.41, 5.74) is 1.38. The van der Waals surface area contributed by atoms with Crippen LogP contribution in [0.2, 0.25) is 0 Å². The number of aryl methyl sites for hydroxylation is 1. The van der Waals surface area contributed by atoms with E-state index in [1.807, 2.05) is 26.0 Å². The number of sulfonamides is 1. The number of amides is 5. The SMILES string of the molecule is C=C[C@@H]1C[C@]1(NC(=O)[C@@H]1C[C@@H]2CN1C(=O)[C@H](C1CCCCC1)NC(=O)OCC(C)(C)CCCc1cccc3c1CN(C3)C(=O)O2)C(=O)NS(=O)(=O)C1CC1. The molecule has 0 radical (unpaired) electrons. The van der Waals surface area contributed by atoms with Gasteiger partial charge in [0.1, 0.15) is 23.7 Å². The molecule has 1 aromatic rings. The zero-order valence-electron chi connectivity index (χ0n) is 31.3. The van der Waals surface area contributed by atoms with Crippen LogP contribution in [0.4, 0.5) is 9.59 Å². The maximum Gasteiger partial charge on any atom is 0.410 e. The van der Waals surface area contributed by atoms with E-state index in [-0.39, 0.29) is 37.3 Å². The molecule has 5 atom stereocenters. The quantitative estimate of drug-likeness (QED) is 0.348. The minimum atomic E-state index is -3.90. The summed E-state index contributed by atoms with van der Waals surface area (Å²) in [6.45, 7) is 8.65. The molecule has 0 aromatic heterocycles. The average Bonchev–Trinajstić information content (AvgIpc) is 4.03. The molecule has 1 aromatic carbocycles. The first-order chi connectivity index (χ1) is 25.7. The first kappa shape index (κ1) is 38.1. The summed E-state index contributed by atoms with van der Waals surface area (Å²) in [7, 11) is -3.90. The summed E-state index contributed by atoms with van der Waals surface area (Å²) >= 11 is 0. The van der Waals surface area contributed by atoms with Gasteiger partial charge in [-0.25, -0.2) is 18.0 Å². The Hall–Kier alpha value is -4.14. The van der Waals surface area contributed by atoms with Crippen molar-refractivity contribution in [3.8, 4) is 0 Å². The number of hydrogen-bond donors (Lipinski definition) is 3. The van der Waals surface area contributed by atoms with Gasteiger partial charge >= 0.3 is 12.2 Å². The number of nitrogens with zero attached hydrogens (tertiary/aromatic N) is 2. The number of alkyl carbamates (subject to hydrolysis) is 1. The van der Waals surface area contributed by atoms with Gasteiger partial charge in [0.15, 0.2) is 0 Å². The van der Waals surface area contributed by atoms with Crippen LogP contribution >= 0.6 is 0 Å². The van der Waals surface area contributed by atoms with Crippen molar-refractivity contribution >= 4 is 39.9 Å². The summed E-state index contributed by atoms with van der Waals surface area (Å²) in [5, 5.41) is 5.00. The summed E-state index contributed by atoms with van der Waals surface area (Å²) in [4.78, 5) is 72.6. The third-order valence-corrected chi connectivity index (χ3v) is 14.1. The smallest absolute Gasteiger partial charge is 0.410 e. The number of benzene rings is 1. The normalized spacial score (nSPS) is 30.5. The van der Waals surface area contributed by atoms with Gasteiger partial charge in [-0.05, 0) is 79.4 Å². The van der Waals surface area contributed by atoms with Crippen LogP contribution in [-0.4, -0.2) is 90.3 Å². The molecule has 54 heavy (non-hydrogen) atoms. The van der Waals surface area contributed by atoms with Gasteiger partial charge in [-0.1, -0.05) is 57.4 Å². The highest BCUT2D eigenvalue weighted by Crippen LogP contribution is 2.45. The number of hydrogen-bond acceptors (Lipinski definition) is 9. The molecule has 3 saturated carbocycles. The number of carbonyl (C=O) groups is 5. The Balaban J connectivity index is 1.17. The molecule has 7 rings (SSSR count). The molecular weight excluding hydrogens is 715 g/mol. The lowest BCUT2D eigenvalue weighted by Gasteiger charge is -2.35. The number of rotatable bonds is 7. The molecule has 3 aliphatic carbocycles. The second kappa shape index (κ2) is 14.8. The van der Waals surface area contributed by atoms with E-state index in [1.54, 1.807) is 4.90 Å². The van der Waals surface area contributed by atoms with Crippen LogP contribution in [0.5, 0.6) is 0 Å². The van der Waals surface area contributed by atoms with Gasteiger partial charge in [0.25, 0.3) is 5.91 Å². The maximum atomic E-state index is 14.7. The Kier molecular flexibility index (Phi) is 10.5. The molecule has 0 spiro atoms. The van der Waals surface area contributed by atoms with Crippen LogP contribution < -0.4 is 15.4 Å². The highest BCUT2D eigenvalue weighted by molar-refractivity contribution is 7.91. The molecule has 6 aliphatic rings. The van der Waals surface area contributed by atoms with Gasteiger partial charge in [0.05, 0.1) is 18.4 Å². The summed E-state index contributed by atoms with van der Waals surface area (Å²) in [5.74, 6) is -2.77. The van der Waals surface area contributed by atoms with Crippen LogP contribution in [0.15, 0.2) is 30.9 Å².